The highest BCUT2D eigenvalue weighted by Crippen LogP contribution is 2.28. The third kappa shape index (κ3) is 5.89. The Balaban J connectivity index is 1.58. The summed E-state index contributed by atoms with van der Waals surface area (Å²) < 4.78 is 18.2. The summed E-state index contributed by atoms with van der Waals surface area (Å²) >= 11 is 1.34. The number of hydrogen-bond donors (Lipinski definition) is 1. The van der Waals surface area contributed by atoms with E-state index in [4.69, 9.17) is 4.74 Å². The predicted molar refractivity (Wildman–Crippen MR) is 108 cm³/mol. The molecule has 0 bridgehead atoms. The van der Waals surface area contributed by atoms with Crippen LogP contribution in [0.4, 0.5) is 4.39 Å². The summed E-state index contributed by atoms with van der Waals surface area (Å²) in [5.41, 5.74) is 1.04. The van der Waals surface area contributed by atoms with Crippen LogP contribution in [0.3, 0.4) is 0 Å². The molecular formula is C22H19FN2O3S. The zero-order valence-electron chi connectivity index (χ0n) is 15.7. The number of nitrogens with zero attached hydrogens (tertiary/aromatic N) is 1. The molecule has 0 aliphatic heterocycles. The van der Waals surface area contributed by atoms with Crippen LogP contribution in [0.25, 0.3) is 0 Å². The average molecular weight is 410 g/mol. The quantitative estimate of drug-likeness (QED) is 0.585. The Morgan fingerprint density at radius 1 is 1.07 bits per heavy atom. The first-order chi connectivity index (χ1) is 14.0. The Morgan fingerprint density at radius 3 is 2.52 bits per heavy atom. The van der Waals surface area contributed by atoms with Crippen molar-refractivity contribution < 1.29 is 18.7 Å². The second-order valence-electron chi connectivity index (χ2n) is 6.19. The fourth-order valence-electron chi connectivity index (χ4n) is 2.55. The zero-order chi connectivity index (χ0) is 20.6. The van der Waals surface area contributed by atoms with Crippen LogP contribution < -0.4 is 5.32 Å². The number of rotatable bonds is 7. The Hall–Kier alpha value is -3.19. The van der Waals surface area contributed by atoms with Gasteiger partial charge in [-0.25, -0.2) is 14.2 Å². The maximum atomic E-state index is 13.0. The molecule has 1 atom stereocenters. The molecule has 0 saturated carbocycles. The highest BCUT2D eigenvalue weighted by molar-refractivity contribution is 7.99. The molecule has 0 spiro atoms. The van der Waals surface area contributed by atoms with Gasteiger partial charge in [0, 0.05) is 11.1 Å². The van der Waals surface area contributed by atoms with Crippen molar-refractivity contribution in [1.82, 2.24) is 10.3 Å². The number of pyridine rings is 1. The van der Waals surface area contributed by atoms with Crippen molar-refractivity contribution in [1.29, 1.82) is 0 Å². The van der Waals surface area contributed by atoms with E-state index in [2.05, 4.69) is 10.3 Å². The summed E-state index contributed by atoms with van der Waals surface area (Å²) in [7, 11) is 0. The number of ether oxygens (including phenoxy) is 1. The Labute approximate surface area is 172 Å². The molecule has 0 aliphatic carbocycles. The van der Waals surface area contributed by atoms with E-state index >= 15 is 0 Å². The molecule has 1 N–H and O–H groups in total. The lowest BCUT2D eigenvalue weighted by Gasteiger charge is -2.14. The van der Waals surface area contributed by atoms with E-state index in [0.29, 0.717) is 10.6 Å². The number of amides is 1. The summed E-state index contributed by atoms with van der Waals surface area (Å²) in [4.78, 5) is 29.8. The second kappa shape index (κ2) is 9.84. The van der Waals surface area contributed by atoms with Crippen molar-refractivity contribution >= 4 is 23.6 Å². The number of hydrogen-bond acceptors (Lipinski definition) is 5. The topological polar surface area (TPSA) is 68.3 Å². The van der Waals surface area contributed by atoms with Crippen LogP contribution in [0.1, 0.15) is 28.9 Å². The summed E-state index contributed by atoms with van der Waals surface area (Å²) in [6.07, 6.45) is 1.60. The molecule has 0 saturated heterocycles. The van der Waals surface area contributed by atoms with Gasteiger partial charge < -0.3 is 10.1 Å². The summed E-state index contributed by atoms with van der Waals surface area (Å²) in [6, 6.07) is 18.3. The zero-order valence-corrected chi connectivity index (χ0v) is 16.5. The van der Waals surface area contributed by atoms with Gasteiger partial charge in [-0.1, -0.05) is 42.1 Å². The van der Waals surface area contributed by atoms with Gasteiger partial charge in [0.05, 0.1) is 11.6 Å². The molecule has 148 valence electrons. The molecular weight excluding hydrogens is 391 g/mol. The van der Waals surface area contributed by atoms with Gasteiger partial charge in [0.2, 0.25) is 0 Å². The van der Waals surface area contributed by atoms with E-state index in [1.165, 1.54) is 23.9 Å². The highest BCUT2D eigenvalue weighted by atomic mass is 32.2. The lowest BCUT2D eigenvalue weighted by Crippen LogP contribution is -2.31. The summed E-state index contributed by atoms with van der Waals surface area (Å²) in [5, 5.41) is 3.22. The second-order valence-corrected chi connectivity index (χ2v) is 7.25. The Bertz CT molecular complexity index is 981. The first-order valence-electron chi connectivity index (χ1n) is 8.93. The molecule has 1 aromatic heterocycles. The molecule has 1 heterocycles. The van der Waals surface area contributed by atoms with Crippen LogP contribution >= 0.6 is 11.8 Å². The standard InChI is InChI=1S/C22H19FN2O3S/c1-15(16-9-11-17(23)12-10-16)25-20(26)14-28-22(27)19-8-5-13-24-21(19)29-18-6-3-2-4-7-18/h2-13,15H,14H2,1H3,(H,25,26). The monoisotopic (exact) mass is 410 g/mol. The Kier molecular flexibility index (Phi) is 6.97. The van der Waals surface area contributed by atoms with Gasteiger partial charge in [-0.2, -0.15) is 0 Å². The minimum atomic E-state index is -0.624. The lowest BCUT2D eigenvalue weighted by molar-refractivity contribution is -0.124. The van der Waals surface area contributed by atoms with Crippen molar-refractivity contribution in [2.24, 2.45) is 0 Å². The van der Waals surface area contributed by atoms with Gasteiger partial charge in [0.25, 0.3) is 5.91 Å². The van der Waals surface area contributed by atoms with Crippen molar-refractivity contribution in [2.45, 2.75) is 22.9 Å². The molecule has 3 aromatic rings. The van der Waals surface area contributed by atoms with Crippen LogP contribution in [0, 0.1) is 5.82 Å². The SMILES string of the molecule is CC(NC(=O)COC(=O)c1cccnc1Sc1ccccc1)c1ccc(F)cc1. The first-order valence-corrected chi connectivity index (χ1v) is 9.74. The molecule has 1 unspecified atom stereocenters. The van der Waals surface area contributed by atoms with E-state index in [-0.39, 0.29) is 11.9 Å². The number of carbonyl (C=O) groups is 2. The van der Waals surface area contributed by atoms with Crippen LogP contribution in [0.5, 0.6) is 0 Å². The normalized spacial score (nSPS) is 11.5. The van der Waals surface area contributed by atoms with Crippen molar-refractivity contribution in [3.8, 4) is 0 Å². The Morgan fingerprint density at radius 2 is 1.79 bits per heavy atom. The van der Waals surface area contributed by atoms with Crippen LogP contribution in [0.15, 0.2) is 82.8 Å². The molecule has 0 radical (unpaired) electrons. The highest BCUT2D eigenvalue weighted by Gasteiger charge is 2.17. The van der Waals surface area contributed by atoms with Crippen LogP contribution in [0.2, 0.25) is 0 Å². The maximum Gasteiger partial charge on any atom is 0.341 e. The number of aromatic nitrogens is 1. The third-order valence-corrected chi connectivity index (χ3v) is 5.06. The van der Waals surface area contributed by atoms with Crippen LogP contribution in [-0.2, 0) is 9.53 Å². The maximum absolute atomic E-state index is 13.0. The van der Waals surface area contributed by atoms with E-state index in [9.17, 15) is 14.0 Å². The molecule has 29 heavy (non-hydrogen) atoms. The smallest absolute Gasteiger partial charge is 0.341 e. The number of halogens is 1. The predicted octanol–water partition coefficient (Wildman–Crippen LogP) is 4.41. The fraction of sp³-hybridized carbons (Fsp3) is 0.136. The number of esters is 1. The van der Waals surface area contributed by atoms with E-state index in [0.717, 1.165) is 10.5 Å². The largest absolute Gasteiger partial charge is 0.452 e. The van der Waals surface area contributed by atoms with Gasteiger partial charge >= 0.3 is 5.97 Å². The summed E-state index contributed by atoms with van der Waals surface area (Å²) in [5.74, 6) is -1.42. The third-order valence-electron chi connectivity index (χ3n) is 4.03. The minimum Gasteiger partial charge on any atom is -0.452 e. The molecule has 1 amide bonds. The fourth-order valence-corrected chi connectivity index (χ4v) is 3.45. The van der Waals surface area contributed by atoms with Gasteiger partial charge in [-0.15, -0.1) is 0 Å². The number of nitrogens with one attached hydrogen (secondary N) is 1. The average Bonchev–Trinajstić information content (AvgIpc) is 2.73. The van der Waals surface area contributed by atoms with E-state index < -0.39 is 18.5 Å². The molecule has 0 fully saturated rings. The minimum absolute atomic E-state index is 0.292. The summed E-state index contributed by atoms with van der Waals surface area (Å²) in [6.45, 7) is 1.34. The van der Waals surface area contributed by atoms with E-state index in [1.807, 2.05) is 30.3 Å². The van der Waals surface area contributed by atoms with Crippen LogP contribution in [-0.4, -0.2) is 23.5 Å². The first kappa shape index (κ1) is 20.5. The van der Waals surface area contributed by atoms with E-state index in [1.54, 1.807) is 37.4 Å². The van der Waals surface area contributed by atoms with Gasteiger partial charge in [0.1, 0.15) is 10.8 Å². The van der Waals surface area contributed by atoms with Gasteiger partial charge in [0.15, 0.2) is 6.61 Å². The molecule has 5 nitrogen and oxygen atoms in total. The molecule has 7 heteroatoms. The van der Waals surface area contributed by atoms with Gasteiger partial charge in [-0.05, 0) is 48.9 Å². The van der Waals surface area contributed by atoms with Crippen molar-refractivity contribution in [3.63, 3.8) is 0 Å². The molecule has 0 aliphatic rings. The molecule has 3 rings (SSSR count). The van der Waals surface area contributed by atoms with Crippen molar-refractivity contribution in [2.75, 3.05) is 6.61 Å². The lowest BCUT2D eigenvalue weighted by atomic mass is 10.1. The number of benzene rings is 2. The van der Waals surface area contributed by atoms with Crippen molar-refractivity contribution in [3.05, 3.63) is 89.9 Å². The molecule has 2 aromatic carbocycles. The number of carbonyl (C=O) groups excluding carboxylic acids is 2. The van der Waals surface area contributed by atoms with Gasteiger partial charge in [-0.3, -0.25) is 4.79 Å².